The van der Waals surface area contributed by atoms with E-state index in [9.17, 15) is 0 Å². The zero-order chi connectivity index (χ0) is 14.7. The Hall–Kier alpha value is -2.17. The van der Waals surface area contributed by atoms with Gasteiger partial charge in [0, 0.05) is 25.9 Å². The number of hydrogen-bond donors (Lipinski definition) is 1. The minimum Gasteiger partial charge on any atom is -0.364 e. The average Bonchev–Trinajstić information content (AvgIpc) is 2.53. The summed E-state index contributed by atoms with van der Waals surface area (Å²) in [6, 6.07) is 5.96. The second kappa shape index (κ2) is 6.08. The van der Waals surface area contributed by atoms with Gasteiger partial charge in [-0.15, -0.1) is 0 Å². The zero-order valence-electron chi connectivity index (χ0n) is 12.6. The van der Waals surface area contributed by atoms with E-state index in [1.54, 1.807) is 0 Å². The predicted octanol–water partition coefficient (Wildman–Crippen LogP) is 2.43. The molecule has 0 aromatic carbocycles. The van der Waals surface area contributed by atoms with Gasteiger partial charge in [-0.05, 0) is 37.8 Å². The minimum absolute atomic E-state index is 0.692. The van der Waals surface area contributed by atoms with Crippen molar-refractivity contribution in [1.82, 2.24) is 15.0 Å². The predicted molar refractivity (Wildman–Crippen MR) is 84.6 cm³/mol. The summed E-state index contributed by atoms with van der Waals surface area (Å²) in [6.07, 6.45) is 6.37. The van der Waals surface area contributed by atoms with Gasteiger partial charge < -0.3 is 10.2 Å². The number of hydrogen-bond acceptors (Lipinski definition) is 5. The standard InChI is InChI=1S/C16H21N5/c1-21(2)16-19-14-9-4-3-8-13(14)15(20-16)18-11-12-7-5-6-10-17-12/h5-7,10H,3-4,8-9,11H2,1-2H3,(H,18,19,20). The van der Waals surface area contributed by atoms with Crippen molar-refractivity contribution in [2.75, 3.05) is 24.3 Å². The largest absolute Gasteiger partial charge is 0.364 e. The molecule has 0 radical (unpaired) electrons. The lowest BCUT2D eigenvalue weighted by Gasteiger charge is -2.21. The molecule has 0 unspecified atom stereocenters. The van der Waals surface area contributed by atoms with Crippen molar-refractivity contribution in [3.05, 3.63) is 41.3 Å². The van der Waals surface area contributed by atoms with E-state index in [0.29, 0.717) is 6.54 Å². The number of fused-ring (bicyclic) bond motifs is 1. The molecule has 0 fully saturated rings. The van der Waals surface area contributed by atoms with Crippen LogP contribution in [-0.4, -0.2) is 29.0 Å². The molecule has 0 saturated carbocycles. The lowest BCUT2D eigenvalue weighted by atomic mass is 9.96. The number of nitrogens with one attached hydrogen (secondary N) is 1. The fourth-order valence-corrected chi connectivity index (χ4v) is 2.60. The number of aryl methyl sites for hydroxylation is 1. The van der Waals surface area contributed by atoms with Crippen molar-refractivity contribution >= 4 is 11.8 Å². The first-order valence-corrected chi connectivity index (χ1v) is 7.45. The van der Waals surface area contributed by atoms with E-state index in [0.717, 1.165) is 30.3 Å². The third-order valence-electron chi connectivity index (χ3n) is 3.73. The van der Waals surface area contributed by atoms with Crippen LogP contribution in [0.3, 0.4) is 0 Å². The topological polar surface area (TPSA) is 53.9 Å². The number of aromatic nitrogens is 3. The molecule has 1 aliphatic rings. The molecule has 2 aromatic heterocycles. The Bertz CT molecular complexity index is 610. The van der Waals surface area contributed by atoms with Crippen LogP contribution in [0.4, 0.5) is 11.8 Å². The van der Waals surface area contributed by atoms with Crippen LogP contribution in [0.15, 0.2) is 24.4 Å². The normalized spacial score (nSPS) is 13.6. The van der Waals surface area contributed by atoms with Crippen LogP contribution in [0.1, 0.15) is 29.8 Å². The van der Waals surface area contributed by atoms with Crippen LogP contribution in [0.5, 0.6) is 0 Å². The van der Waals surface area contributed by atoms with E-state index in [2.05, 4.69) is 20.3 Å². The highest BCUT2D eigenvalue weighted by atomic mass is 15.2. The first kappa shape index (κ1) is 13.8. The molecule has 21 heavy (non-hydrogen) atoms. The van der Waals surface area contributed by atoms with Gasteiger partial charge in [0.1, 0.15) is 5.82 Å². The maximum Gasteiger partial charge on any atom is 0.227 e. The van der Waals surface area contributed by atoms with Crippen molar-refractivity contribution in [3.63, 3.8) is 0 Å². The van der Waals surface area contributed by atoms with Gasteiger partial charge in [-0.25, -0.2) is 4.98 Å². The second-order valence-electron chi connectivity index (χ2n) is 5.57. The molecule has 0 atom stereocenters. The van der Waals surface area contributed by atoms with Crippen LogP contribution in [0, 0.1) is 0 Å². The molecule has 110 valence electrons. The van der Waals surface area contributed by atoms with Gasteiger partial charge in [0.2, 0.25) is 5.95 Å². The Kier molecular flexibility index (Phi) is 3.99. The summed E-state index contributed by atoms with van der Waals surface area (Å²) in [5.74, 6) is 1.74. The Morgan fingerprint density at radius 3 is 2.76 bits per heavy atom. The van der Waals surface area contributed by atoms with Crippen LogP contribution in [-0.2, 0) is 19.4 Å². The highest BCUT2D eigenvalue weighted by Crippen LogP contribution is 2.27. The highest BCUT2D eigenvalue weighted by Gasteiger charge is 2.18. The molecule has 0 saturated heterocycles. The van der Waals surface area contributed by atoms with E-state index in [1.807, 2.05) is 43.4 Å². The summed E-state index contributed by atoms with van der Waals surface area (Å²) in [7, 11) is 3.96. The molecule has 0 amide bonds. The monoisotopic (exact) mass is 283 g/mol. The fraction of sp³-hybridized carbons (Fsp3) is 0.438. The van der Waals surface area contributed by atoms with Gasteiger partial charge in [-0.3, -0.25) is 4.98 Å². The molecular weight excluding hydrogens is 262 g/mol. The Morgan fingerprint density at radius 1 is 1.14 bits per heavy atom. The van der Waals surface area contributed by atoms with Crippen LogP contribution < -0.4 is 10.2 Å². The van der Waals surface area contributed by atoms with Crippen molar-refractivity contribution in [1.29, 1.82) is 0 Å². The van der Waals surface area contributed by atoms with Crippen molar-refractivity contribution in [2.24, 2.45) is 0 Å². The van der Waals surface area contributed by atoms with Crippen molar-refractivity contribution in [2.45, 2.75) is 32.2 Å². The van der Waals surface area contributed by atoms with E-state index < -0.39 is 0 Å². The van der Waals surface area contributed by atoms with E-state index in [4.69, 9.17) is 0 Å². The van der Waals surface area contributed by atoms with Crippen LogP contribution >= 0.6 is 0 Å². The molecule has 5 nitrogen and oxygen atoms in total. The Labute approximate surface area is 125 Å². The lowest BCUT2D eigenvalue weighted by Crippen LogP contribution is -2.19. The molecule has 0 spiro atoms. The molecule has 5 heteroatoms. The molecule has 1 aliphatic carbocycles. The van der Waals surface area contributed by atoms with E-state index in [1.165, 1.54) is 24.1 Å². The smallest absolute Gasteiger partial charge is 0.227 e. The Balaban J connectivity index is 1.87. The SMILES string of the molecule is CN(C)c1nc2c(c(NCc3ccccn3)n1)CCCC2. The third-order valence-corrected chi connectivity index (χ3v) is 3.73. The Morgan fingerprint density at radius 2 is 2.00 bits per heavy atom. The number of pyridine rings is 1. The van der Waals surface area contributed by atoms with Crippen LogP contribution in [0.25, 0.3) is 0 Å². The van der Waals surface area contributed by atoms with Gasteiger partial charge in [0.25, 0.3) is 0 Å². The molecular formula is C16H21N5. The average molecular weight is 283 g/mol. The van der Waals surface area contributed by atoms with Gasteiger partial charge in [0.15, 0.2) is 0 Å². The summed E-state index contributed by atoms with van der Waals surface area (Å²) >= 11 is 0. The maximum absolute atomic E-state index is 4.69. The maximum atomic E-state index is 4.69. The number of nitrogens with zero attached hydrogens (tertiary/aromatic N) is 4. The molecule has 0 aliphatic heterocycles. The summed E-state index contributed by atoms with van der Waals surface area (Å²) in [6.45, 7) is 0.692. The van der Waals surface area contributed by atoms with E-state index in [-0.39, 0.29) is 0 Å². The second-order valence-corrected chi connectivity index (χ2v) is 5.57. The van der Waals surface area contributed by atoms with Gasteiger partial charge in [-0.1, -0.05) is 6.07 Å². The summed E-state index contributed by atoms with van der Waals surface area (Å²) in [5.41, 5.74) is 3.50. The molecule has 3 rings (SSSR count). The first-order chi connectivity index (χ1) is 10.2. The van der Waals surface area contributed by atoms with Gasteiger partial charge in [0.05, 0.1) is 17.9 Å². The highest BCUT2D eigenvalue weighted by molar-refractivity contribution is 5.52. The van der Waals surface area contributed by atoms with Crippen LogP contribution in [0.2, 0.25) is 0 Å². The number of anilines is 2. The molecule has 2 heterocycles. The van der Waals surface area contributed by atoms with Crippen molar-refractivity contribution in [3.8, 4) is 0 Å². The minimum atomic E-state index is 0.692. The number of rotatable bonds is 4. The quantitative estimate of drug-likeness (QED) is 0.934. The summed E-state index contributed by atoms with van der Waals surface area (Å²) < 4.78 is 0. The molecule has 2 aromatic rings. The molecule has 0 bridgehead atoms. The first-order valence-electron chi connectivity index (χ1n) is 7.45. The lowest BCUT2D eigenvalue weighted by molar-refractivity contribution is 0.662. The fourth-order valence-electron chi connectivity index (χ4n) is 2.60. The van der Waals surface area contributed by atoms with Gasteiger partial charge in [-0.2, -0.15) is 4.98 Å². The van der Waals surface area contributed by atoms with Gasteiger partial charge >= 0.3 is 0 Å². The van der Waals surface area contributed by atoms with Crippen molar-refractivity contribution < 1.29 is 0 Å². The summed E-state index contributed by atoms with van der Waals surface area (Å²) in [4.78, 5) is 15.7. The molecule has 1 N–H and O–H groups in total. The third kappa shape index (κ3) is 3.12. The zero-order valence-corrected chi connectivity index (χ0v) is 12.6. The van der Waals surface area contributed by atoms with E-state index >= 15 is 0 Å². The summed E-state index contributed by atoms with van der Waals surface area (Å²) in [5, 5.41) is 3.44.